The molecule has 5 rings (SSSR count). The molecule has 3 heterocycles. The molecule has 8 nitrogen and oxygen atoms in total. The molecule has 2 aromatic heterocycles. The maximum Gasteiger partial charge on any atom is 0.261 e. The second-order valence-corrected chi connectivity index (χ2v) is 14.2. The van der Waals surface area contributed by atoms with Gasteiger partial charge in [-0.25, -0.2) is 15.0 Å². The minimum Gasteiger partial charge on any atom is -0.402 e. The monoisotopic (exact) mass is 489 g/mol. The van der Waals surface area contributed by atoms with E-state index in [0.717, 1.165) is 0 Å². The minimum absolute atomic E-state index is 0.150. The minimum atomic E-state index is -2.81. The summed E-state index contributed by atoms with van der Waals surface area (Å²) in [4.78, 5) is 12.8. The van der Waals surface area contributed by atoms with Gasteiger partial charge in [0.1, 0.15) is 24.2 Å². The van der Waals surface area contributed by atoms with Crippen molar-refractivity contribution in [1.82, 2.24) is 19.5 Å². The van der Waals surface area contributed by atoms with Gasteiger partial charge in [-0.2, -0.15) is 0 Å². The zero-order valence-corrected chi connectivity index (χ0v) is 21.2. The summed E-state index contributed by atoms with van der Waals surface area (Å²) in [5.74, 6) is 0.325. The molecule has 9 heteroatoms. The Balaban J connectivity index is 1.57. The number of aliphatic hydroxyl groups is 1. The van der Waals surface area contributed by atoms with Crippen LogP contribution in [0.1, 0.15) is 33.4 Å². The van der Waals surface area contributed by atoms with Gasteiger partial charge < -0.3 is 20.0 Å². The third-order valence-electron chi connectivity index (χ3n) is 6.80. The SMILES string of the molecule is CC(C)(C)[Si](O[C@H]1C[C@H](n2cnc3c(N)ncnc32)O[C@@H]1CO)(c1ccccc1)c1ccccc1. The van der Waals surface area contributed by atoms with Crippen LogP contribution in [0.4, 0.5) is 5.82 Å². The van der Waals surface area contributed by atoms with Crippen molar-refractivity contribution in [2.75, 3.05) is 12.3 Å². The molecule has 0 aliphatic carbocycles. The first-order valence-corrected chi connectivity index (χ1v) is 13.7. The second kappa shape index (κ2) is 9.16. The van der Waals surface area contributed by atoms with Crippen LogP contribution in [-0.2, 0) is 9.16 Å². The third-order valence-corrected chi connectivity index (χ3v) is 11.9. The van der Waals surface area contributed by atoms with Crippen LogP contribution in [0.15, 0.2) is 73.3 Å². The Morgan fingerprint density at radius 3 is 2.23 bits per heavy atom. The molecule has 35 heavy (non-hydrogen) atoms. The van der Waals surface area contributed by atoms with Crippen LogP contribution in [-0.4, -0.2) is 51.8 Å². The number of hydrogen-bond donors (Lipinski definition) is 2. The number of nitrogens with two attached hydrogens (primary N) is 1. The van der Waals surface area contributed by atoms with Gasteiger partial charge in [-0.05, 0) is 15.4 Å². The predicted octanol–water partition coefficient (Wildman–Crippen LogP) is 2.63. The molecule has 0 bridgehead atoms. The van der Waals surface area contributed by atoms with Gasteiger partial charge in [-0.15, -0.1) is 0 Å². The highest BCUT2D eigenvalue weighted by atomic mass is 28.4. The Bertz CT molecular complexity index is 1250. The molecular formula is C26H31N5O3Si. The van der Waals surface area contributed by atoms with E-state index in [2.05, 4.69) is 84.3 Å². The number of imidazole rings is 1. The Morgan fingerprint density at radius 1 is 1.03 bits per heavy atom. The average Bonchev–Trinajstić information content (AvgIpc) is 3.47. The van der Waals surface area contributed by atoms with E-state index in [1.807, 2.05) is 16.7 Å². The number of nitrogens with zero attached hydrogens (tertiary/aromatic N) is 4. The van der Waals surface area contributed by atoms with E-state index in [1.165, 1.54) is 16.7 Å². The van der Waals surface area contributed by atoms with Gasteiger partial charge in [0.2, 0.25) is 0 Å². The van der Waals surface area contributed by atoms with Crippen LogP contribution in [0, 0.1) is 0 Å². The summed E-state index contributed by atoms with van der Waals surface area (Å²) in [6.07, 6.45) is 2.43. The molecule has 0 radical (unpaired) electrons. The van der Waals surface area contributed by atoms with Crippen molar-refractivity contribution < 1.29 is 14.3 Å². The molecule has 1 aliphatic rings. The zero-order chi connectivity index (χ0) is 24.6. The first-order chi connectivity index (χ1) is 16.8. The largest absolute Gasteiger partial charge is 0.402 e. The van der Waals surface area contributed by atoms with Gasteiger partial charge in [0.25, 0.3) is 8.32 Å². The van der Waals surface area contributed by atoms with Gasteiger partial charge in [-0.3, -0.25) is 4.57 Å². The molecular weight excluding hydrogens is 458 g/mol. The number of fused-ring (bicyclic) bond motifs is 1. The summed E-state index contributed by atoms with van der Waals surface area (Å²) < 4.78 is 15.4. The summed E-state index contributed by atoms with van der Waals surface area (Å²) in [6.45, 7) is 6.57. The first-order valence-electron chi connectivity index (χ1n) is 11.8. The zero-order valence-electron chi connectivity index (χ0n) is 20.2. The van der Waals surface area contributed by atoms with Crippen molar-refractivity contribution in [3.05, 3.63) is 73.3 Å². The maximum atomic E-state index is 10.3. The molecule has 3 atom stereocenters. The highest BCUT2D eigenvalue weighted by Gasteiger charge is 2.53. The van der Waals surface area contributed by atoms with Crippen LogP contribution in [0.5, 0.6) is 0 Å². The lowest BCUT2D eigenvalue weighted by atomic mass is 10.2. The average molecular weight is 490 g/mol. The quantitative estimate of drug-likeness (QED) is 0.401. The van der Waals surface area contributed by atoms with E-state index in [9.17, 15) is 5.11 Å². The molecule has 2 aromatic carbocycles. The molecule has 1 fully saturated rings. The summed E-state index contributed by atoms with van der Waals surface area (Å²) in [5.41, 5.74) is 7.12. The maximum absolute atomic E-state index is 10.3. The molecule has 0 amide bonds. The molecule has 3 N–H and O–H groups in total. The van der Waals surface area contributed by atoms with Gasteiger partial charge in [0.05, 0.1) is 19.0 Å². The van der Waals surface area contributed by atoms with E-state index in [0.29, 0.717) is 23.4 Å². The van der Waals surface area contributed by atoms with Crippen molar-refractivity contribution in [1.29, 1.82) is 0 Å². The van der Waals surface area contributed by atoms with Crippen molar-refractivity contribution in [3.8, 4) is 0 Å². The number of hydrogen-bond acceptors (Lipinski definition) is 7. The summed E-state index contributed by atoms with van der Waals surface area (Å²) in [6, 6.07) is 21.0. The fourth-order valence-corrected chi connectivity index (χ4v) is 9.88. The van der Waals surface area contributed by atoms with Gasteiger partial charge in [-0.1, -0.05) is 81.4 Å². The van der Waals surface area contributed by atoms with Crippen LogP contribution in [0.25, 0.3) is 11.2 Å². The van der Waals surface area contributed by atoms with Gasteiger partial charge in [0, 0.05) is 6.42 Å². The normalized spacial score (nSPS) is 21.0. The topological polar surface area (TPSA) is 108 Å². The number of anilines is 1. The first kappa shape index (κ1) is 23.6. The Morgan fingerprint density at radius 2 is 1.66 bits per heavy atom. The number of aromatic nitrogens is 4. The summed E-state index contributed by atoms with van der Waals surface area (Å²) >= 11 is 0. The smallest absolute Gasteiger partial charge is 0.261 e. The van der Waals surface area contributed by atoms with E-state index in [1.54, 1.807) is 6.33 Å². The van der Waals surface area contributed by atoms with Crippen molar-refractivity contribution >= 4 is 35.7 Å². The third kappa shape index (κ3) is 4.04. The number of aliphatic hydroxyl groups excluding tert-OH is 1. The molecule has 1 aliphatic heterocycles. The predicted molar refractivity (Wildman–Crippen MR) is 138 cm³/mol. The van der Waals surface area contributed by atoms with Crippen LogP contribution >= 0.6 is 0 Å². The molecule has 4 aromatic rings. The molecule has 1 saturated heterocycles. The second-order valence-electron chi connectivity index (χ2n) is 9.95. The fourth-order valence-electron chi connectivity index (χ4n) is 5.16. The lowest BCUT2D eigenvalue weighted by Crippen LogP contribution is -2.68. The number of benzene rings is 2. The van der Waals surface area contributed by atoms with Crippen molar-refractivity contribution in [2.45, 2.75) is 50.7 Å². The van der Waals surface area contributed by atoms with E-state index < -0.39 is 20.6 Å². The fraction of sp³-hybridized carbons (Fsp3) is 0.346. The molecule has 0 unspecified atom stereocenters. The number of ether oxygens (including phenoxy) is 1. The number of nitrogen functional groups attached to an aromatic ring is 1. The van der Waals surface area contributed by atoms with E-state index in [-0.39, 0.29) is 17.7 Å². The van der Waals surface area contributed by atoms with E-state index >= 15 is 0 Å². The molecule has 0 saturated carbocycles. The van der Waals surface area contributed by atoms with Gasteiger partial charge >= 0.3 is 0 Å². The summed E-state index contributed by atoms with van der Waals surface area (Å²) in [7, 11) is -2.81. The number of rotatable bonds is 6. The molecule has 182 valence electrons. The Labute approximate surface area is 205 Å². The lowest BCUT2D eigenvalue weighted by molar-refractivity contribution is -0.0405. The lowest BCUT2D eigenvalue weighted by Gasteiger charge is -2.45. The van der Waals surface area contributed by atoms with Crippen LogP contribution in [0.2, 0.25) is 5.04 Å². The van der Waals surface area contributed by atoms with Crippen LogP contribution in [0.3, 0.4) is 0 Å². The van der Waals surface area contributed by atoms with Gasteiger partial charge in [0.15, 0.2) is 11.5 Å². The Hall–Kier alpha value is -3.11. The van der Waals surface area contributed by atoms with Crippen molar-refractivity contribution in [3.63, 3.8) is 0 Å². The van der Waals surface area contributed by atoms with E-state index in [4.69, 9.17) is 14.9 Å². The Kier molecular flexibility index (Phi) is 6.18. The highest BCUT2D eigenvalue weighted by Crippen LogP contribution is 2.41. The van der Waals surface area contributed by atoms with Crippen molar-refractivity contribution in [2.24, 2.45) is 0 Å². The van der Waals surface area contributed by atoms with Crippen LogP contribution < -0.4 is 16.1 Å². The standard InChI is InChI=1S/C26H31N5O3Si/c1-26(2,3)35(18-10-6-4-7-11-18,19-12-8-5-9-13-19)34-20-14-22(33-21(20)15-32)31-17-30-23-24(27)28-16-29-25(23)31/h4-13,16-17,20-22,32H,14-15H2,1-3H3,(H2,27,28,29)/t20-,21+,22+/m0/s1. The molecule has 0 spiro atoms. The highest BCUT2D eigenvalue weighted by molar-refractivity contribution is 6.99. The summed E-state index contributed by atoms with van der Waals surface area (Å²) in [5, 5.41) is 12.5.